The van der Waals surface area contributed by atoms with Crippen molar-refractivity contribution in [3.05, 3.63) is 54.1 Å². The average molecular weight is 432 g/mol. The minimum atomic E-state index is -0.353. The monoisotopic (exact) mass is 432 g/mol. The second-order valence-electron chi connectivity index (χ2n) is 8.83. The highest BCUT2D eigenvalue weighted by molar-refractivity contribution is 5.97. The first-order chi connectivity index (χ1) is 15.6. The van der Waals surface area contributed by atoms with Gasteiger partial charge in [-0.15, -0.1) is 0 Å². The number of nitrogens with zero attached hydrogens (tertiary/aromatic N) is 2. The zero-order valence-corrected chi connectivity index (χ0v) is 17.7. The number of hydrogen-bond acceptors (Lipinski definition) is 7. The van der Waals surface area contributed by atoms with Gasteiger partial charge in [0.15, 0.2) is 5.58 Å². The summed E-state index contributed by atoms with van der Waals surface area (Å²) < 4.78 is 11.1. The first-order valence-corrected chi connectivity index (χ1v) is 11.0. The van der Waals surface area contributed by atoms with E-state index in [-0.39, 0.29) is 47.5 Å². The van der Waals surface area contributed by atoms with Crippen molar-refractivity contribution in [2.24, 2.45) is 17.8 Å². The van der Waals surface area contributed by atoms with Crippen molar-refractivity contribution < 1.29 is 18.7 Å². The Balaban J connectivity index is 1.29. The number of benzene rings is 2. The third kappa shape index (κ3) is 3.02. The maximum Gasteiger partial charge on any atom is 0.320 e. The number of ether oxygens (including phenoxy) is 1. The molecule has 3 aromatic rings. The van der Waals surface area contributed by atoms with Crippen molar-refractivity contribution >= 4 is 28.8 Å². The Morgan fingerprint density at radius 2 is 1.94 bits per heavy atom. The second-order valence-corrected chi connectivity index (χ2v) is 8.83. The second kappa shape index (κ2) is 7.43. The molecule has 3 fully saturated rings. The number of nitrogens with one attached hydrogen (secondary N) is 2. The van der Waals surface area contributed by atoms with Gasteiger partial charge in [-0.1, -0.05) is 24.3 Å². The van der Waals surface area contributed by atoms with E-state index in [1.165, 1.54) is 5.01 Å². The smallest absolute Gasteiger partial charge is 0.320 e. The molecular weight excluding hydrogens is 408 g/mol. The molecule has 8 heteroatoms. The minimum absolute atomic E-state index is 0.0380. The fourth-order valence-corrected chi connectivity index (χ4v) is 5.54. The lowest BCUT2D eigenvalue weighted by molar-refractivity contribution is -0.133. The number of methoxy groups -OCH3 is 1. The third-order valence-corrected chi connectivity index (χ3v) is 7.15. The Bertz CT molecular complexity index is 1160. The van der Waals surface area contributed by atoms with E-state index in [0.717, 1.165) is 17.7 Å². The first-order valence-electron chi connectivity index (χ1n) is 11.0. The SMILES string of the molecule is COc1ccc(C2CC(=O)C3CNC4NN(c5nc6ccccc6o5)C(=O)C4C3C2)cc1. The third-order valence-electron chi connectivity index (χ3n) is 7.15. The molecular formula is C24H24N4O4. The van der Waals surface area contributed by atoms with E-state index in [1.807, 2.05) is 48.5 Å². The van der Waals surface area contributed by atoms with E-state index >= 15 is 0 Å². The van der Waals surface area contributed by atoms with Gasteiger partial charge in [0.1, 0.15) is 17.0 Å². The number of aromatic nitrogens is 1. The van der Waals surface area contributed by atoms with Gasteiger partial charge in [0.05, 0.1) is 19.2 Å². The summed E-state index contributed by atoms with van der Waals surface area (Å²) >= 11 is 0. The molecule has 8 nitrogen and oxygen atoms in total. The van der Waals surface area contributed by atoms with Crippen molar-refractivity contribution in [1.29, 1.82) is 0 Å². The number of hydrazine groups is 1. The predicted octanol–water partition coefficient (Wildman–Crippen LogP) is 2.61. The number of carbonyl (C=O) groups excluding carboxylic acids is 2. The van der Waals surface area contributed by atoms with Crippen molar-refractivity contribution in [2.75, 3.05) is 18.7 Å². The molecule has 2 saturated heterocycles. The van der Waals surface area contributed by atoms with Crippen LogP contribution in [0.5, 0.6) is 5.75 Å². The van der Waals surface area contributed by atoms with E-state index in [4.69, 9.17) is 9.15 Å². The molecule has 5 atom stereocenters. The van der Waals surface area contributed by atoms with Crippen molar-refractivity contribution in [3.8, 4) is 5.75 Å². The van der Waals surface area contributed by atoms with Gasteiger partial charge in [0, 0.05) is 18.9 Å². The highest BCUT2D eigenvalue weighted by atomic mass is 16.5. The molecule has 0 bridgehead atoms. The number of amides is 1. The Kier molecular flexibility index (Phi) is 4.51. The number of hydrogen-bond donors (Lipinski definition) is 2. The average Bonchev–Trinajstić information content (AvgIpc) is 3.40. The van der Waals surface area contributed by atoms with Crippen molar-refractivity contribution in [2.45, 2.75) is 24.9 Å². The quantitative estimate of drug-likeness (QED) is 0.657. The molecule has 2 N–H and O–H groups in total. The van der Waals surface area contributed by atoms with Crippen molar-refractivity contribution in [3.63, 3.8) is 0 Å². The maximum atomic E-state index is 13.5. The number of para-hydroxylation sites is 2. The van der Waals surface area contributed by atoms with Crippen LogP contribution in [0.3, 0.4) is 0 Å². The van der Waals surface area contributed by atoms with Crippen LogP contribution < -0.4 is 20.5 Å². The van der Waals surface area contributed by atoms with E-state index in [2.05, 4.69) is 15.7 Å². The van der Waals surface area contributed by atoms with Crippen LogP contribution in [0.15, 0.2) is 52.9 Å². The van der Waals surface area contributed by atoms with E-state index in [1.54, 1.807) is 7.11 Å². The molecule has 3 aliphatic rings. The van der Waals surface area contributed by atoms with Gasteiger partial charge < -0.3 is 9.15 Å². The zero-order valence-electron chi connectivity index (χ0n) is 17.7. The molecule has 5 unspecified atom stereocenters. The Morgan fingerprint density at radius 1 is 1.12 bits per heavy atom. The van der Waals surface area contributed by atoms with E-state index in [0.29, 0.717) is 24.1 Å². The van der Waals surface area contributed by atoms with Gasteiger partial charge in [-0.2, -0.15) is 9.99 Å². The van der Waals surface area contributed by atoms with Crippen LogP contribution >= 0.6 is 0 Å². The normalized spacial score (nSPS) is 29.8. The van der Waals surface area contributed by atoms with Crippen LogP contribution in [-0.2, 0) is 9.59 Å². The summed E-state index contributed by atoms with van der Waals surface area (Å²) in [6, 6.07) is 15.6. The minimum Gasteiger partial charge on any atom is -0.497 e. The number of rotatable bonds is 3. The fourth-order valence-electron chi connectivity index (χ4n) is 5.54. The number of Topliss-reactive ketones (excluding diaryl/α,β-unsaturated/α-hetero) is 1. The lowest BCUT2D eigenvalue weighted by Crippen LogP contribution is -2.57. The van der Waals surface area contributed by atoms with Crippen LogP contribution in [-0.4, -0.2) is 36.5 Å². The molecule has 3 heterocycles. The summed E-state index contributed by atoms with van der Waals surface area (Å²) in [7, 11) is 1.64. The van der Waals surface area contributed by atoms with Gasteiger partial charge in [-0.05, 0) is 48.1 Å². The zero-order chi connectivity index (χ0) is 21.8. The molecule has 2 aliphatic heterocycles. The van der Waals surface area contributed by atoms with Crippen LogP contribution in [0.4, 0.5) is 6.01 Å². The number of fused-ring (bicyclic) bond motifs is 4. The molecule has 1 aliphatic carbocycles. The molecule has 1 amide bonds. The highest BCUT2D eigenvalue weighted by Gasteiger charge is 2.55. The molecule has 164 valence electrons. The summed E-state index contributed by atoms with van der Waals surface area (Å²) in [5.41, 5.74) is 5.67. The largest absolute Gasteiger partial charge is 0.497 e. The van der Waals surface area contributed by atoms with Gasteiger partial charge >= 0.3 is 6.01 Å². The van der Waals surface area contributed by atoms with Gasteiger partial charge in [-0.3, -0.25) is 14.9 Å². The summed E-state index contributed by atoms with van der Waals surface area (Å²) in [6.45, 7) is 0.571. The molecule has 0 spiro atoms. The number of ketones is 1. The summed E-state index contributed by atoms with van der Waals surface area (Å²) in [5.74, 6) is 0.463. The number of piperidine rings is 1. The van der Waals surface area contributed by atoms with Crippen LogP contribution in [0.25, 0.3) is 11.1 Å². The first kappa shape index (κ1) is 19.5. The Hall–Kier alpha value is -3.23. The van der Waals surface area contributed by atoms with Crippen LogP contribution in [0.1, 0.15) is 24.3 Å². The Morgan fingerprint density at radius 3 is 2.72 bits per heavy atom. The molecule has 1 saturated carbocycles. The summed E-state index contributed by atoms with van der Waals surface area (Å²) in [6.07, 6.45) is 1.05. The summed E-state index contributed by atoms with van der Waals surface area (Å²) in [4.78, 5) is 31.0. The maximum absolute atomic E-state index is 13.5. The predicted molar refractivity (Wildman–Crippen MR) is 117 cm³/mol. The molecule has 0 radical (unpaired) electrons. The van der Waals surface area contributed by atoms with Gasteiger partial charge in [0.25, 0.3) is 5.91 Å². The highest BCUT2D eigenvalue weighted by Crippen LogP contribution is 2.46. The number of carbonyl (C=O) groups is 2. The topological polar surface area (TPSA) is 96.7 Å². The number of anilines is 1. The van der Waals surface area contributed by atoms with Gasteiger partial charge in [-0.25, -0.2) is 5.43 Å². The van der Waals surface area contributed by atoms with Crippen LogP contribution in [0, 0.1) is 17.8 Å². The molecule has 2 aromatic carbocycles. The fraction of sp³-hybridized carbons (Fsp3) is 0.375. The molecule has 1 aromatic heterocycles. The molecule has 32 heavy (non-hydrogen) atoms. The number of oxazole rings is 1. The lowest BCUT2D eigenvalue weighted by Gasteiger charge is -2.43. The van der Waals surface area contributed by atoms with E-state index in [9.17, 15) is 9.59 Å². The van der Waals surface area contributed by atoms with Crippen LogP contribution in [0.2, 0.25) is 0 Å². The summed E-state index contributed by atoms with van der Waals surface area (Å²) in [5, 5.41) is 4.77. The lowest BCUT2D eigenvalue weighted by atomic mass is 9.64. The van der Waals surface area contributed by atoms with Crippen molar-refractivity contribution in [1.82, 2.24) is 15.7 Å². The Labute approximate surface area is 184 Å². The van der Waals surface area contributed by atoms with E-state index < -0.39 is 0 Å². The molecule has 6 rings (SSSR count). The standard InChI is InChI=1S/C24H24N4O4/c1-31-15-8-6-13(7-9-15)14-10-16-17(19(29)11-14)12-25-22-21(16)23(30)28(27-22)24-26-18-4-2-3-5-20(18)32-24/h2-9,14,16-17,21-22,25,27H,10-12H2,1H3. The van der Waals surface area contributed by atoms with Gasteiger partial charge in [0.2, 0.25) is 0 Å².